The van der Waals surface area contributed by atoms with Crippen LogP contribution in [0.25, 0.3) is 0 Å². The zero-order valence-corrected chi connectivity index (χ0v) is 19.2. The number of nitrogens with zero attached hydrogens (tertiary/aromatic N) is 3. The Morgan fingerprint density at radius 1 is 0.941 bits per heavy atom. The van der Waals surface area contributed by atoms with Crippen LogP contribution in [0.5, 0.6) is 17.4 Å². The summed E-state index contributed by atoms with van der Waals surface area (Å²) >= 11 is 0. The Morgan fingerprint density at radius 3 is 2.26 bits per heavy atom. The zero-order valence-electron chi connectivity index (χ0n) is 19.2. The van der Waals surface area contributed by atoms with Crippen molar-refractivity contribution in [2.45, 2.75) is 19.8 Å². The molecule has 1 aliphatic heterocycles. The highest BCUT2D eigenvalue weighted by atomic mass is 16.5. The predicted octanol–water partition coefficient (Wildman–Crippen LogP) is 4.09. The van der Waals surface area contributed by atoms with Gasteiger partial charge in [0.25, 0.3) is 5.88 Å². The first-order valence-electron chi connectivity index (χ1n) is 11.1. The van der Waals surface area contributed by atoms with Crippen molar-refractivity contribution in [1.82, 2.24) is 9.97 Å². The molecule has 2 heterocycles. The third kappa shape index (κ3) is 5.80. The van der Waals surface area contributed by atoms with E-state index in [1.807, 2.05) is 18.2 Å². The predicted molar refractivity (Wildman–Crippen MR) is 129 cm³/mol. The molecule has 2 N–H and O–H groups in total. The van der Waals surface area contributed by atoms with Crippen LogP contribution in [0.1, 0.15) is 19.8 Å². The number of carbonyl (C=O) groups is 2. The van der Waals surface area contributed by atoms with Gasteiger partial charge in [-0.05, 0) is 49.2 Å². The molecular formula is C25H27N5O4. The van der Waals surface area contributed by atoms with Crippen molar-refractivity contribution < 1.29 is 19.1 Å². The molecule has 0 aliphatic carbocycles. The summed E-state index contributed by atoms with van der Waals surface area (Å²) in [7, 11) is 1.61. The Morgan fingerprint density at radius 2 is 1.59 bits per heavy atom. The number of methoxy groups -OCH3 is 1. The van der Waals surface area contributed by atoms with Crippen molar-refractivity contribution in [3.05, 3.63) is 60.9 Å². The van der Waals surface area contributed by atoms with Crippen LogP contribution in [0, 0.1) is 5.92 Å². The number of ether oxygens (including phenoxy) is 2. The molecule has 0 saturated carbocycles. The molecule has 0 spiro atoms. The van der Waals surface area contributed by atoms with Crippen molar-refractivity contribution in [1.29, 1.82) is 0 Å². The second-order valence-electron chi connectivity index (χ2n) is 7.98. The fourth-order valence-corrected chi connectivity index (χ4v) is 3.82. The highest BCUT2D eigenvalue weighted by molar-refractivity contribution is 5.93. The van der Waals surface area contributed by atoms with E-state index < -0.39 is 0 Å². The number of aromatic nitrogens is 2. The van der Waals surface area contributed by atoms with Gasteiger partial charge >= 0.3 is 0 Å². The number of amides is 2. The maximum absolute atomic E-state index is 12.8. The van der Waals surface area contributed by atoms with E-state index in [1.165, 1.54) is 6.92 Å². The molecule has 9 nitrogen and oxygen atoms in total. The Kier molecular flexibility index (Phi) is 7.22. The van der Waals surface area contributed by atoms with Gasteiger partial charge in [0.2, 0.25) is 11.8 Å². The summed E-state index contributed by atoms with van der Waals surface area (Å²) < 4.78 is 11.2. The number of piperidine rings is 1. The summed E-state index contributed by atoms with van der Waals surface area (Å²) in [6, 6.07) is 14.4. The van der Waals surface area contributed by atoms with Gasteiger partial charge in [-0.25, -0.2) is 9.97 Å². The topological polar surface area (TPSA) is 106 Å². The fourth-order valence-electron chi connectivity index (χ4n) is 3.82. The quantitative estimate of drug-likeness (QED) is 0.546. The van der Waals surface area contributed by atoms with Crippen molar-refractivity contribution in [3.63, 3.8) is 0 Å². The maximum atomic E-state index is 12.8. The maximum Gasteiger partial charge on any atom is 0.263 e. The molecule has 9 heteroatoms. The van der Waals surface area contributed by atoms with Gasteiger partial charge in [-0.2, -0.15) is 0 Å². The van der Waals surface area contributed by atoms with Gasteiger partial charge in [0.1, 0.15) is 11.5 Å². The average Bonchev–Trinajstić information content (AvgIpc) is 2.85. The van der Waals surface area contributed by atoms with E-state index >= 15 is 0 Å². The second kappa shape index (κ2) is 10.7. The molecule has 0 unspecified atom stereocenters. The van der Waals surface area contributed by atoms with Crippen molar-refractivity contribution in [2.24, 2.45) is 5.92 Å². The van der Waals surface area contributed by atoms with E-state index in [9.17, 15) is 9.59 Å². The molecule has 1 aromatic heterocycles. The van der Waals surface area contributed by atoms with Crippen LogP contribution in [0.15, 0.2) is 60.9 Å². The van der Waals surface area contributed by atoms with E-state index in [0.29, 0.717) is 60.5 Å². The van der Waals surface area contributed by atoms with Crippen LogP contribution < -0.4 is 25.0 Å². The zero-order chi connectivity index (χ0) is 23.9. The van der Waals surface area contributed by atoms with Crippen molar-refractivity contribution >= 4 is 29.0 Å². The largest absolute Gasteiger partial charge is 0.497 e. The van der Waals surface area contributed by atoms with Gasteiger partial charge in [-0.3, -0.25) is 9.59 Å². The van der Waals surface area contributed by atoms with Gasteiger partial charge in [0, 0.05) is 55.8 Å². The summed E-state index contributed by atoms with van der Waals surface area (Å²) in [5.74, 6) is 2.11. The van der Waals surface area contributed by atoms with Crippen LogP contribution in [0.4, 0.5) is 17.2 Å². The summed E-state index contributed by atoms with van der Waals surface area (Å²) in [4.78, 5) is 34.9. The third-order valence-corrected chi connectivity index (χ3v) is 5.54. The summed E-state index contributed by atoms with van der Waals surface area (Å²) in [5, 5.41) is 5.68. The van der Waals surface area contributed by atoms with Crippen LogP contribution in [-0.4, -0.2) is 42.0 Å². The van der Waals surface area contributed by atoms with Gasteiger partial charge < -0.3 is 25.0 Å². The number of anilines is 3. The van der Waals surface area contributed by atoms with E-state index in [4.69, 9.17) is 9.47 Å². The number of hydrogen-bond acceptors (Lipinski definition) is 7. The van der Waals surface area contributed by atoms with Crippen LogP contribution >= 0.6 is 0 Å². The second-order valence-corrected chi connectivity index (χ2v) is 7.98. The van der Waals surface area contributed by atoms with E-state index in [-0.39, 0.29) is 17.7 Å². The van der Waals surface area contributed by atoms with E-state index in [1.54, 1.807) is 49.8 Å². The van der Waals surface area contributed by atoms with Gasteiger partial charge in [0.05, 0.1) is 7.11 Å². The fraction of sp³-hybridized carbons (Fsp3) is 0.280. The number of carbonyl (C=O) groups excluding carboxylic acids is 2. The standard InChI is InChI=1S/C25H27N5O4/c1-17(31)28-19-6-8-20(9-7-19)29-24(32)18-10-14-30(15-11-18)23-25(27-13-12-26-23)34-22-5-3-4-21(16-22)33-2/h3-9,12-13,16,18H,10-11,14-15H2,1-2H3,(H,28,31)(H,29,32). The highest BCUT2D eigenvalue weighted by Gasteiger charge is 2.27. The monoisotopic (exact) mass is 461 g/mol. The van der Waals surface area contributed by atoms with Crippen LogP contribution in [0.3, 0.4) is 0 Å². The molecule has 3 aromatic rings. The Bertz CT molecular complexity index is 1140. The summed E-state index contributed by atoms with van der Waals surface area (Å²) in [6.07, 6.45) is 4.60. The number of benzene rings is 2. The molecule has 1 saturated heterocycles. The number of nitrogens with one attached hydrogen (secondary N) is 2. The molecule has 2 amide bonds. The Hall–Kier alpha value is -4.14. The molecule has 34 heavy (non-hydrogen) atoms. The Balaban J connectivity index is 1.35. The molecular weight excluding hydrogens is 434 g/mol. The molecule has 0 atom stereocenters. The molecule has 1 aliphatic rings. The SMILES string of the molecule is COc1cccc(Oc2nccnc2N2CCC(C(=O)Nc3ccc(NC(C)=O)cc3)CC2)c1. The first-order chi connectivity index (χ1) is 16.5. The van der Waals surface area contributed by atoms with Crippen molar-refractivity contribution in [3.8, 4) is 17.4 Å². The normalized spacial score (nSPS) is 13.8. The smallest absolute Gasteiger partial charge is 0.263 e. The summed E-state index contributed by atoms with van der Waals surface area (Å²) in [5.41, 5.74) is 1.39. The minimum atomic E-state index is -0.135. The Labute approximate surface area is 198 Å². The number of rotatable bonds is 7. The lowest BCUT2D eigenvalue weighted by atomic mass is 9.96. The highest BCUT2D eigenvalue weighted by Crippen LogP contribution is 2.32. The summed E-state index contributed by atoms with van der Waals surface area (Å²) in [6.45, 7) is 2.77. The third-order valence-electron chi connectivity index (χ3n) is 5.54. The van der Waals surface area contributed by atoms with E-state index in [0.717, 1.165) is 0 Å². The first-order valence-corrected chi connectivity index (χ1v) is 11.1. The van der Waals surface area contributed by atoms with Crippen molar-refractivity contribution in [2.75, 3.05) is 35.7 Å². The molecule has 2 aromatic carbocycles. The lowest BCUT2D eigenvalue weighted by Gasteiger charge is -2.32. The average molecular weight is 462 g/mol. The molecule has 0 bridgehead atoms. The lowest BCUT2D eigenvalue weighted by Crippen LogP contribution is -2.38. The van der Waals surface area contributed by atoms with Crippen LogP contribution in [-0.2, 0) is 9.59 Å². The lowest BCUT2D eigenvalue weighted by molar-refractivity contribution is -0.120. The molecule has 0 radical (unpaired) electrons. The first kappa shape index (κ1) is 23.0. The minimum Gasteiger partial charge on any atom is -0.497 e. The molecule has 176 valence electrons. The molecule has 1 fully saturated rings. The van der Waals surface area contributed by atoms with Gasteiger partial charge in [0.15, 0.2) is 5.82 Å². The van der Waals surface area contributed by atoms with Crippen LogP contribution in [0.2, 0.25) is 0 Å². The number of hydrogen-bond donors (Lipinski definition) is 2. The van der Waals surface area contributed by atoms with E-state index in [2.05, 4.69) is 25.5 Å². The van der Waals surface area contributed by atoms with Gasteiger partial charge in [-0.15, -0.1) is 0 Å². The van der Waals surface area contributed by atoms with Gasteiger partial charge in [-0.1, -0.05) is 6.07 Å². The minimum absolute atomic E-state index is 0.0149. The molecule has 4 rings (SSSR count).